The summed E-state index contributed by atoms with van der Waals surface area (Å²) in [6.45, 7) is 8.35. The van der Waals surface area contributed by atoms with Crippen LogP contribution < -0.4 is 19.5 Å². The fraction of sp³-hybridized carbons (Fsp3) is 0.219. The second-order valence-corrected chi connectivity index (χ2v) is 10.1. The molecular formula is C32H30FNO5. The zero-order chi connectivity index (χ0) is 27.7. The van der Waals surface area contributed by atoms with Gasteiger partial charge in [-0.2, -0.15) is 0 Å². The van der Waals surface area contributed by atoms with E-state index in [1.807, 2.05) is 19.1 Å². The number of fused-ring (bicyclic) bond motifs is 1. The van der Waals surface area contributed by atoms with Crippen LogP contribution in [0.1, 0.15) is 48.0 Å². The Labute approximate surface area is 227 Å². The lowest BCUT2D eigenvalue weighted by molar-refractivity contribution is 0.0701. The molecule has 0 amide bonds. The van der Waals surface area contributed by atoms with Gasteiger partial charge in [-0.05, 0) is 86.9 Å². The van der Waals surface area contributed by atoms with Crippen LogP contribution in [-0.4, -0.2) is 18.6 Å². The molecule has 1 N–H and O–H groups in total. The number of halogens is 1. The lowest BCUT2D eigenvalue weighted by atomic mass is 9.85. The van der Waals surface area contributed by atoms with Crippen LogP contribution >= 0.6 is 0 Å². The van der Waals surface area contributed by atoms with Gasteiger partial charge in [0.2, 0.25) is 5.76 Å². The van der Waals surface area contributed by atoms with E-state index in [0.717, 1.165) is 39.1 Å². The minimum absolute atomic E-state index is 0.107. The summed E-state index contributed by atoms with van der Waals surface area (Å²) in [5, 5.41) is 3.58. The molecule has 5 rings (SSSR count). The van der Waals surface area contributed by atoms with E-state index in [1.54, 1.807) is 43.5 Å². The van der Waals surface area contributed by atoms with Gasteiger partial charge < -0.3 is 23.9 Å². The van der Waals surface area contributed by atoms with Crippen molar-refractivity contribution in [1.29, 1.82) is 0 Å². The summed E-state index contributed by atoms with van der Waals surface area (Å²) in [6, 6.07) is 16.9. The smallest absolute Gasteiger partial charge is 0.379 e. The molecule has 0 unspecified atom stereocenters. The van der Waals surface area contributed by atoms with Gasteiger partial charge >= 0.3 is 5.97 Å². The Balaban J connectivity index is 1.62. The van der Waals surface area contributed by atoms with Gasteiger partial charge in [0, 0.05) is 28.4 Å². The molecule has 0 spiro atoms. The third-order valence-corrected chi connectivity index (χ3v) is 6.66. The highest BCUT2D eigenvalue weighted by atomic mass is 19.1. The van der Waals surface area contributed by atoms with Crippen LogP contribution in [0.3, 0.4) is 0 Å². The molecule has 0 atom stereocenters. The Morgan fingerprint density at radius 2 is 1.82 bits per heavy atom. The fourth-order valence-corrected chi connectivity index (χ4v) is 4.99. The zero-order valence-corrected chi connectivity index (χ0v) is 22.6. The van der Waals surface area contributed by atoms with Crippen LogP contribution in [-0.2, 0) is 6.61 Å². The third kappa shape index (κ3) is 5.39. The second-order valence-electron chi connectivity index (χ2n) is 10.1. The Morgan fingerprint density at radius 3 is 2.56 bits per heavy atom. The van der Waals surface area contributed by atoms with E-state index >= 15 is 0 Å². The van der Waals surface area contributed by atoms with E-state index in [0.29, 0.717) is 17.2 Å². The molecule has 7 heteroatoms. The monoisotopic (exact) mass is 527 g/mol. The number of rotatable bonds is 7. The predicted octanol–water partition coefficient (Wildman–Crippen LogP) is 7.81. The highest BCUT2D eigenvalue weighted by Crippen LogP contribution is 2.43. The second kappa shape index (κ2) is 10.3. The van der Waals surface area contributed by atoms with Crippen LogP contribution in [0.4, 0.5) is 10.1 Å². The van der Waals surface area contributed by atoms with E-state index in [2.05, 4.69) is 32.2 Å². The summed E-state index contributed by atoms with van der Waals surface area (Å²) >= 11 is 0. The molecule has 1 aromatic heterocycles. The standard InChI is InChI=1S/C32H30FNO5/c1-19-8-9-21(33)15-29(19)38-18-25-23(11-12-26-30(25)20(2)17-32(3,4)34-26)24-16-22(10-13-27(24)36-5)39-31(35)28-7-6-14-37-28/h6-17,34H,18H2,1-5H3. The van der Waals surface area contributed by atoms with Gasteiger partial charge in [0.05, 0.1) is 18.9 Å². The van der Waals surface area contributed by atoms with Crippen LogP contribution in [0.2, 0.25) is 0 Å². The average Bonchev–Trinajstić information content (AvgIpc) is 3.43. The molecule has 6 nitrogen and oxygen atoms in total. The van der Waals surface area contributed by atoms with E-state index in [4.69, 9.17) is 18.6 Å². The number of methoxy groups -OCH3 is 1. The van der Waals surface area contributed by atoms with Crippen molar-refractivity contribution in [3.05, 3.63) is 101 Å². The van der Waals surface area contributed by atoms with Gasteiger partial charge in [0.25, 0.3) is 0 Å². The van der Waals surface area contributed by atoms with E-state index in [9.17, 15) is 9.18 Å². The van der Waals surface area contributed by atoms with Crippen molar-refractivity contribution >= 4 is 17.2 Å². The maximum absolute atomic E-state index is 14.0. The number of aryl methyl sites for hydroxylation is 1. The first-order chi connectivity index (χ1) is 18.6. The van der Waals surface area contributed by atoms with Crippen molar-refractivity contribution in [2.45, 2.75) is 39.8 Å². The number of esters is 1. The third-order valence-electron chi connectivity index (χ3n) is 6.66. The maximum Gasteiger partial charge on any atom is 0.379 e. The summed E-state index contributed by atoms with van der Waals surface area (Å²) < 4.78 is 36.7. The molecule has 3 aromatic carbocycles. The number of ether oxygens (including phenoxy) is 3. The summed E-state index contributed by atoms with van der Waals surface area (Å²) in [5.41, 5.74) is 6.11. The van der Waals surface area contributed by atoms with Gasteiger partial charge in [0.1, 0.15) is 29.7 Å². The van der Waals surface area contributed by atoms with Crippen molar-refractivity contribution in [2.24, 2.45) is 0 Å². The molecular weight excluding hydrogens is 497 g/mol. The SMILES string of the molecule is COc1ccc(OC(=O)c2ccco2)cc1-c1ccc2c(c1COc1cc(F)ccc1C)C(C)=CC(C)(C)N2. The average molecular weight is 528 g/mol. The number of hydrogen-bond donors (Lipinski definition) is 1. The van der Waals surface area contributed by atoms with Crippen molar-refractivity contribution in [1.82, 2.24) is 0 Å². The number of nitrogens with one attached hydrogen (secondary N) is 1. The largest absolute Gasteiger partial charge is 0.496 e. The molecule has 0 aliphatic carbocycles. The number of carbonyl (C=O) groups excluding carboxylic acids is 1. The van der Waals surface area contributed by atoms with E-state index in [-0.39, 0.29) is 23.7 Å². The number of hydrogen-bond acceptors (Lipinski definition) is 6. The van der Waals surface area contributed by atoms with Gasteiger partial charge in [-0.25, -0.2) is 9.18 Å². The molecule has 0 saturated carbocycles. The zero-order valence-electron chi connectivity index (χ0n) is 22.6. The van der Waals surface area contributed by atoms with Crippen molar-refractivity contribution in [2.75, 3.05) is 12.4 Å². The highest BCUT2D eigenvalue weighted by molar-refractivity contribution is 5.90. The Kier molecular flexibility index (Phi) is 6.91. The Bertz CT molecular complexity index is 1570. The minimum atomic E-state index is -0.600. The van der Waals surface area contributed by atoms with Gasteiger partial charge in [-0.15, -0.1) is 0 Å². The van der Waals surface area contributed by atoms with E-state index < -0.39 is 5.97 Å². The Hall–Kier alpha value is -4.52. The number of furan rings is 1. The molecule has 0 radical (unpaired) electrons. The molecule has 0 fully saturated rings. The maximum atomic E-state index is 14.0. The lowest BCUT2D eigenvalue weighted by Gasteiger charge is -2.33. The summed E-state index contributed by atoms with van der Waals surface area (Å²) in [5.74, 6) is 0.550. The highest BCUT2D eigenvalue weighted by Gasteiger charge is 2.27. The van der Waals surface area contributed by atoms with Gasteiger partial charge in [0.15, 0.2) is 0 Å². The number of carbonyl (C=O) groups is 1. The predicted molar refractivity (Wildman–Crippen MR) is 149 cm³/mol. The van der Waals surface area contributed by atoms with Crippen molar-refractivity contribution < 1.29 is 27.8 Å². The topological polar surface area (TPSA) is 69.9 Å². The molecule has 4 aromatic rings. The molecule has 0 bridgehead atoms. The van der Waals surface area contributed by atoms with Crippen molar-refractivity contribution in [3.63, 3.8) is 0 Å². The molecule has 1 aliphatic rings. The molecule has 39 heavy (non-hydrogen) atoms. The fourth-order valence-electron chi connectivity index (χ4n) is 4.99. The summed E-state index contributed by atoms with van der Waals surface area (Å²) in [4.78, 5) is 12.5. The van der Waals surface area contributed by atoms with Gasteiger partial charge in [-0.3, -0.25) is 0 Å². The van der Waals surface area contributed by atoms with Crippen LogP contribution in [0.25, 0.3) is 16.7 Å². The van der Waals surface area contributed by atoms with Crippen LogP contribution in [0.5, 0.6) is 17.2 Å². The number of anilines is 1. The first kappa shape index (κ1) is 26.1. The van der Waals surface area contributed by atoms with Crippen LogP contribution in [0, 0.1) is 12.7 Å². The van der Waals surface area contributed by atoms with Crippen molar-refractivity contribution in [3.8, 4) is 28.4 Å². The summed E-state index contributed by atoms with van der Waals surface area (Å²) in [6.07, 6.45) is 3.59. The normalized spacial score (nSPS) is 13.6. The van der Waals surface area contributed by atoms with Gasteiger partial charge in [-0.1, -0.05) is 18.2 Å². The lowest BCUT2D eigenvalue weighted by Crippen LogP contribution is -2.32. The van der Waals surface area contributed by atoms with Crippen LogP contribution in [0.15, 0.2) is 77.4 Å². The van der Waals surface area contributed by atoms with E-state index in [1.165, 1.54) is 18.4 Å². The number of allylic oxidation sites excluding steroid dienone is 1. The molecule has 1 aliphatic heterocycles. The molecule has 200 valence electrons. The molecule has 2 heterocycles. The minimum Gasteiger partial charge on any atom is -0.496 e. The first-order valence-corrected chi connectivity index (χ1v) is 12.6. The Morgan fingerprint density at radius 1 is 1.00 bits per heavy atom. The quantitative estimate of drug-likeness (QED) is 0.195. The number of benzene rings is 3. The summed E-state index contributed by atoms with van der Waals surface area (Å²) in [7, 11) is 1.59. The first-order valence-electron chi connectivity index (χ1n) is 12.6. The molecule has 0 saturated heterocycles.